The topological polar surface area (TPSA) is 61.8 Å². The average molecular weight is 673 g/mol. The predicted octanol–water partition coefficient (Wildman–Crippen LogP) is 12.9. The fourth-order valence-electron chi connectivity index (χ4n) is 5.33. The van der Waals surface area contributed by atoms with E-state index in [2.05, 4.69) is 69.4 Å². The molecule has 48 heavy (non-hydrogen) atoms. The van der Waals surface area contributed by atoms with E-state index < -0.39 is 6.10 Å². The highest BCUT2D eigenvalue weighted by atomic mass is 16.6. The summed E-state index contributed by atoms with van der Waals surface area (Å²) >= 11 is 0. The van der Waals surface area contributed by atoms with E-state index in [0.29, 0.717) is 19.4 Å². The van der Waals surface area contributed by atoms with Gasteiger partial charge >= 0.3 is 11.9 Å². The number of esters is 2. The molecule has 0 aromatic carbocycles. The fourth-order valence-corrected chi connectivity index (χ4v) is 5.33. The van der Waals surface area contributed by atoms with Gasteiger partial charge in [-0.2, -0.15) is 0 Å². The first-order valence-corrected chi connectivity index (χ1v) is 20.2. The van der Waals surface area contributed by atoms with Crippen LogP contribution in [-0.4, -0.2) is 37.9 Å². The summed E-state index contributed by atoms with van der Waals surface area (Å²) in [6, 6.07) is 0. The minimum atomic E-state index is -0.543. The molecular weight excluding hydrogens is 596 g/mol. The first kappa shape index (κ1) is 45.9. The zero-order valence-corrected chi connectivity index (χ0v) is 31.7. The third-order valence-electron chi connectivity index (χ3n) is 8.35. The van der Waals surface area contributed by atoms with Gasteiger partial charge in [0.25, 0.3) is 0 Å². The molecule has 0 spiro atoms. The Labute approximate surface area is 297 Å². The summed E-state index contributed by atoms with van der Waals surface area (Å²) in [5.74, 6) is -0.442. The third kappa shape index (κ3) is 36.7. The molecule has 0 saturated heterocycles. The van der Waals surface area contributed by atoms with Crippen molar-refractivity contribution < 1.29 is 23.8 Å². The highest BCUT2D eigenvalue weighted by molar-refractivity contribution is 5.70. The van der Waals surface area contributed by atoms with E-state index in [9.17, 15) is 9.59 Å². The van der Waals surface area contributed by atoms with Crippen molar-refractivity contribution in [3.63, 3.8) is 0 Å². The normalized spacial score (nSPS) is 12.6. The summed E-state index contributed by atoms with van der Waals surface area (Å²) in [5.41, 5.74) is 0. The van der Waals surface area contributed by atoms with Crippen molar-refractivity contribution in [2.45, 2.75) is 194 Å². The molecular formula is C43H76O5. The van der Waals surface area contributed by atoms with Gasteiger partial charge in [0.15, 0.2) is 6.10 Å². The Kier molecular flexibility index (Phi) is 37.5. The lowest BCUT2D eigenvalue weighted by molar-refractivity contribution is -0.163. The number of hydrogen-bond acceptors (Lipinski definition) is 5. The number of carbonyl (C=O) groups excluding carboxylic acids is 2. The Balaban J connectivity index is 4.25. The Morgan fingerprint density at radius 3 is 1.60 bits per heavy atom. The minimum Gasteiger partial charge on any atom is -0.462 e. The second-order valence-electron chi connectivity index (χ2n) is 13.2. The van der Waals surface area contributed by atoms with Gasteiger partial charge < -0.3 is 14.2 Å². The summed E-state index contributed by atoms with van der Waals surface area (Å²) in [7, 11) is 0. The Morgan fingerprint density at radius 1 is 0.479 bits per heavy atom. The molecule has 0 aliphatic heterocycles. The summed E-state index contributed by atoms with van der Waals surface area (Å²) in [6.07, 6.45) is 45.4. The van der Waals surface area contributed by atoms with E-state index in [1.807, 2.05) is 0 Å². The van der Waals surface area contributed by atoms with Crippen LogP contribution in [0.4, 0.5) is 0 Å². The van der Waals surface area contributed by atoms with E-state index >= 15 is 0 Å². The summed E-state index contributed by atoms with van der Waals surface area (Å²) in [6.45, 7) is 7.59. The van der Waals surface area contributed by atoms with Gasteiger partial charge in [-0.3, -0.25) is 9.59 Å². The van der Waals surface area contributed by atoms with Gasteiger partial charge in [-0.05, 0) is 70.6 Å². The van der Waals surface area contributed by atoms with E-state index in [4.69, 9.17) is 14.2 Å². The lowest BCUT2D eigenvalue weighted by Crippen LogP contribution is -2.30. The van der Waals surface area contributed by atoms with Gasteiger partial charge in [0.2, 0.25) is 0 Å². The number of carbonyl (C=O) groups is 2. The van der Waals surface area contributed by atoms with E-state index in [0.717, 1.165) is 70.6 Å². The van der Waals surface area contributed by atoms with Gasteiger partial charge in [-0.15, -0.1) is 0 Å². The Morgan fingerprint density at radius 2 is 0.958 bits per heavy atom. The molecule has 0 bridgehead atoms. The molecule has 0 aliphatic carbocycles. The van der Waals surface area contributed by atoms with E-state index in [1.54, 1.807) is 0 Å². The van der Waals surface area contributed by atoms with Gasteiger partial charge in [-0.1, -0.05) is 153 Å². The maximum Gasteiger partial charge on any atom is 0.306 e. The number of rotatable bonds is 36. The van der Waals surface area contributed by atoms with Crippen LogP contribution in [0.5, 0.6) is 0 Å². The van der Waals surface area contributed by atoms with Gasteiger partial charge in [0.05, 0.1) is 6.61 Å². The molecule has 0 saturated carbocycles. The average Bonchev–Trinajstić information content (AvgIpc) is 3.08. The summed E-state index contributed by atoms with van der Waals surface area (Å²) < 4.78 is 17.1. The Hall–Kier alpha value is -2.14. The zero-order chi connectivity index (χ0) is 35.0. The molecule has 278 valence electrons. The second-order valence-corrected chi connectivity index (χ2v) is 13.2. The molecule has 0 heterocycles. The van der Waals surface area contributed by atoms with Crippen molar-refractivity contribution in [1.29, 1.82) is 0 Å². The number of hydrogen-bond donors (Lipinski definition) is 0. The van der Waals surface area contributed by atoms with Crippen molar-refractivity contribution in [1.82, 2.24) is 0 Å². The van der Waals surface area contributed by atoms with Crippen LogP contribution in [0, 0.1) is 0 Å². The molecule has 1 unspecified atom stereocenters. The SMILES string of the molecule is CC/C=C\C/C=C\C/C=C\CCCCCC(=O)OCC(COCCCCCCCC/C=C\CCCC)OC(=O)CCCCCCCCC. The van der Waals surface area contributed by atoms with Crippen LogP contribution in [0.1, 0.15) is 188 Å². The lowest BCUT2D eigenvalue weighted by atomic mass is 10.1. The van der Waals surface area contributed by atoms with E-state index in [-0.39, 0.29) is 25.2 Å². The third-order valence-corrected chi connectivity index (χ3v) is 8.35. The molecule has 0 amide bonds. The lowest BCUT2D eigenvalue weighted by Gasteiger charge is -2.18. The molecule has 5 heteroatoms. The van der Waals surface area contributed by atoms with Gasteiger partial charge in [-0.25, -0.2) is 0 Å². The van der Waals surface area contributed by atoms with Crippen molar-refractivity contribution in [2.75, 3.05) is 19.8 Å². The maximum absolute atomic E-state index is 12.6. The zero-order valence-electron chi connectivity index (χ0n) is 31.7. The van der Waals surface area contributed by atoms with Gasteiger partial charge in [0.1, 0.15) is 6.61 Å². The standard InChI is InChI=1S/C43H76O5/c1-4-7-10-13-16-18-20-22-23-25-28-30-33-36-42(44)47-40-41(48-43(45)37-34-31-27-15-12-9-6-3)39-46-38-35-32-29-26-24-21-19-17-14-11-8-5-2/h7,10,14,16-18,22-23,41H,4-6,8-9,11-13,15,19-21,24-40H2,1-3H3/b10-7-,17-14-,18-16-,23-22-. The van der Waals surface area contributed by atoms with Crippen LogP contribution < -0.4 is 0 Å². The summed E-state index contributed by atoms with van der Waals surface area (Å²) in [4.78, 5) is 25.0. The van der Waals surface area contributed by atoms with Crippen molar-refractivity contribution in [3.8, 4) is 0 Å². The molecule has 0 rings (SSSR count). The minimum absolute atomic E-state index is 0.0684. The molecule has 0 radical (unpaired) electrons. The van der Waals surface area contributed by atoms with Crippen molar-refractivity contribution >= 4 is 11.9 Å². The predicted molar refractivity (Wildman–Crippen MR) is 205 cm³/mol. The largest absolute Gasteiger partial charge is 0.462 e. The molecule has 0 fully saturated rings. The van der Waals surface area contributed by atoms with Crippen molar-refractivity contribution in [3.05, 3.63) is 48.6 Å². The molecule has 0 aliphatic rings. The molecule has 5 nitrogen and oxygen atoms in total. The number of unbranched alkanes of at least 4 members (excludes halogenated alkanes) is 17. The summed E-state index contributed by atoms with van der Waals surface area (Å²) in [5, 5.41) is 0. The molecule has 0 N–H and O–H groups in total. The van der Waals surface area contributed by atoms with Crippen LogP contribution in [0.3, 0.4) is 0 Å². The van der Waals surface area contributed by atoms with Gasteiger partial charge in [0, 0.05) is 19.4 Å². The fraction of sp³-hybridized carbons (Fsp3) is 0.767. The number of allylic oxidation sites excluding steroid dienone is 8. The quantitative estimate of drug-likeness (QED) is 0.0376. The number of ether oxygens (including phenoxy) is 3. The van der Waals surface area contributed by atoms with Crippen LogP contribution >= 0.6 is 0 Å². The molecule has 0 aromatic rings. The smallest absolute Gasteiger partial charge is 0.306 e. The molecule has 0 aromatic heterocycles. The Bertz CT molecular complexity index is 812. The highest BCUT2D eigenvalue weighted by Gasteiger charge is 2.17. The molecule has 1 atom stereocenters. The highest BCUT2D eigenvalue weighted by Crippen LogP contribution is 2.12. The van der Waals surface area contributed by atoms with Crippen LogP contribution in [-0.2, 0) is 23.8 Å². The van der Waals surface area contributed by atoms with Crippen LogP contribution in [0.15, 0.2) is 48.6 Å². The van der Waals surface area contributed by atoms with Crippen LogP contribution in [0.2, 0.25) is 0 Å². The van der Waals surface area contributed by atoms with E-state index in [1.165, 1.54) is 83.5 Å². The van der Waals surface area contributed by atoms with Crippen molar-refractivity contribution in [2.24, 2.45) is 0 Å². The van der Waals surface area contributed by atoms with Crippen LogP contribution in [0.25, 0.3) is 0 Å². The first-order valence-electron chi connectivity index (χ1n) is 20.2. The monoisotopic (exact) mass is 673 g/mol. The second kappa shape index (κ2) is 39.3. The maximum atomic E-state index is 12.6. The first-order chi connectivity index (χ1) is 23.6.